The Kier molecular flexibility index (Phi) is 12.4. The first-order valence-electron chi connectivity index (χ1n) is 18.4. The van der Waals surface area contributed by atoms with Gasteiger partial charge in [-0.15, -0.1) is 0 Å². The molecule has 3 aromatic rings. The van der Waals surface area contributed by atoms with Gasteiger partial charge in [-0.3, -0.25) is 19.6 Å². The van der Waals surface area contributed by atoms with Crippen molar-refractivity contribution < 1.29 is 13.6 Å². The molecule has 4 N–H and O–H groups in total. The number of aromatic amines is 1. The van der Waals surface area contributed by atoms with Crippen LogP contribution in [0.3, 0.4) is 0 Å². The third kappa shape index (κ3) is 9.72. The van der Waals surface area contributed by atoms with Crippen molar-refractivity contribution >= 4 is 5.91 Å². The Bertz CT molecular complexity index is 1430. The fourth-order valence-electron chi connectivity index (χ4n) is 8.09. The first kappa shape index (κ1) is 35.6. The lowest BCUT2D eigenvalue weighted by Crippen LogP contribution is -2.57. The molecular weight excluding hydrogens is 622 g/mol. The van der Waals surface area contributed by atoms with Crippen LogP contribution in [-0.2, 0) is 17.8 Å². The molecule has 1 saturated heterocycles. The number of halogens is 2. The number of hydrogen-bond acceptors (Lipinski definition) is 7. The van der Waals surface area contributed by atoms with Crippen LogP contribution in [0.2, 0.25) is 0 Å². The summed E-state index contributed by atoms with van der Waals surface area (Å²) in [5.74, 6) is -3.10. The number of imidazole rings is 1. The lowest BCUT2D eigenvalue weighted by atomic mass is 9.86. The lowest BCUT2D eigenvalue weighted by Gasteiger charge is -2.45. The van der Waals surface area contributed by atoms with Crippen LogP contribution in [-0.4, -0.2) is 93.3 Å². The number of aromatic nitrogens is 3. The van der Waals surface area contributed by atoms with Crippen molar-refractivity contribution in [3.63, 3.8) is 0 Å². The number of H-pyrrole nitrogens is 1. The second-order valence-corrected chi connectivity index (χ2v) is 14.3. The molecule has 266 valence electrons. The fourth-order valence-corrected chi connectivity index (χ4v) is 8.09. The summed E-state index contributed by atoms with van der Waals surface area (Å²) >= 11 is 0. The molecule has 1 amide bonds. The van der Waals surface area contributed by atoms with Crippen LogP contribution < -0.4 is 11.1 Å². The van der Waals surface area contributed by atoms with E-state index in [9.17, 15) is 13.6 Å². The van der Waals surface area contributed by atoms with Gasteiger partial charge >= 0.3 is 0 Å². The maximum Gasteiger partial charge on any atom is 0.248 e. The molecule has 6 rings (SSSR count). The average molecular weight is 677 g/mol. The van der Waals surface area contributed by atoms with Gasteiger partial charge < -0.3 is 20.9 Å². The number of carbonyl (C=O) groups is 1. The minimum Gasteiger partial charge on any atom is -0.349 e. The van der Waals surface area contributed by atoms with Crippen molar-refractivity contribution in [1.82, 2.24) is 35.0 Å². The molecule has 0 radical (unpaired) electrons. The molecule has 2 aliphatic carbocycles. The van der Waals surface area contributed by atoms with E-state index in [2.05, 4.69) is 54.2 Å². The number of fused-ring (bicyclic) bond motifs is 1. The molecule has 1 saturated carbocycles. The largest absolute Gasteiger partial charge is 0.349 e. The monoisotopic (exact) mass is 676 g/mol. The summed E-state index contributed by atoms with van der Waals surface area (Å²) in [4.78, 5) is 33.7. The van der Waals surface area contributed by atoms with E-state index in [1.54, 1.807) is 6.33 Å². The number of amides is 1. The summed E-state index contributed by atoms with van der Waals surface area (Å²) in [5.41, 5.74) is 10.7. The Morgan fingerprint density at radius 1 is 1.10 bits per heavy atom. The number of alkyl halides is 2. The number of hydrogen-bond donors (Lipinski definition) is 3. The number of unbranched alkanes of at least 4 members (excludes halogenated alkanes) is 1. The number of benzene rings is 1. The third-order valence-electron chi connectivity index (χ3n) is 10.9. The minimum atomic E-state index is -2.65. The van der Waals surface area contributed by atoms with Gasteiger partial charge in [0.25, 0.3) is 0 Å². The van der Waals surface area contributed by atoms with Crippen LogP contribution in [0.4, 0.5) is 8.78 Å². The van der Waals surface area contributed by atoms with Gasteiger partial charge in [0, 0.05) is 82.2 Å². The van der Waals surface area contributed by atoms with Gasteiger partial charge in [-0.05, 0) is 81.6 Å². The van der Waals surface area contributed by atoms with Crippen LogP contribution in [0.15, 0.2) is 61.2 Å². The predicted octanol–water partition coefficient (Wildman–Crippen LogP) is 5.48. The number of nitrogens with zero attached hydrogens (tertiary/aromatic N) is 5. The summed E-state index contributed by atoms with van der Waals surface area (Å²) in [6, 6.07) is 14.8. The molecule has 1 aromatic carbocycles. The number of nitrogens with one attached hydrogen (secondary N) is 2. The Morgan fingerprint density at radius 3 is 2.71 bits per heavy atom. The van der Waals surface area contributed by atoms with E-state index in [0.29, 0.717) is 12.6 Å². The highest BCUT2D eigenvalue weighted by Gasteiger charge is 2.38. The quantitative estimate of drug-likeness (QED) is 0.183. The SMILES string of the molecule is NCCCCN(C[C@H]1CN(CCC(NC(=O)C2CCC(F)(F)CC2)c2ccccc2)CCN1Cc1cnc[nH]1)[C@H]1CCCc2cccnc21. The second-order valence-electron chi connectivity index (χ2n) is 14.3. The molecule has 2 aromatic heterocycles. The smallest absolute Gasteiger partial charge is 0.248 e. The van der Waals surface area contributed by atoms with Crippen molar-refractivity contribution in [3.05, 3.63) is 83.7 Å². The maximum absolute atomic E-state index is 13.8. The summed E-state index contributed by atoms with van der Waals surface area (Å²) in [6.45, 7) is 7.04. The molecule has 2 fully saturated rings. The van der Waals surface area contributed by atoms with Crippen molar-refractivity contribution in [3.8, 4) is 0 Å². The molecule has 9 nitrogen and oxygen atoms in total. The van der Waals surface area contributed by atoms with Crippen LogP contribution in [0.1, 0.15) is 92.4 Å². The summed E-state index contributed by atoms with van der Waals surface area (Å²) in [6.07, 6.45) is 11.9. The molecule has 11 heteroatoms. The number of aryl methyl sites for hydroxylation is 1. The van der Waals surface area contributed by atoms with Gasteiger partial charge in [-0.25, -0.2) is 13.8 Å². The van der Waals surface area contributed by atoms with Gasteiger partial charge in [-0.1, -0.05) is 36.4 Å². The molecule has 3 aliphatic rings. The van der Waals surface area contributed by atoms with E-state index in [1.807, 2.05) is 30.6 Å². The maximum atomic E-state index is 13.8. The van der Waals surface area contributed by atoms with E-state index in [1.165, 1.54) is 17.7 Å². The second kappa shape index (κ2) is 17.1. The zero-order valence-corrected chi connectivity index (χ0v) is 28.8. The van der Waals surface area contributed by atoms with Crippen molar-refractivity contribution in [2.24, 2.45) is 11.7 Å². The highest BCUT2D eigenvalue weighted by atomic mass is 19.3. The number of pyridine rings is 1. The van der Waals surface area contributed by atoms with E-state index in [-0.39, 0.29) is 49.6 Å². The van der Waals surface area contributed by atoms with Crippen LogP contribution in [0.5, 0.6) is 0 Å². The van der Waals surface area contributed by atoms with Gasteiger partial charge in [0.15, 0.2) is 0 Å². The Balaban J connectivity index is 1.16. The van der Waals surface area contributed by atoms with Gasteiger partial charge in [-0.2, -0.15) is 0 Å². The molecule has 49 heavy (non-hydrogen) atoms. The van der Waals surface area contributed by atoms with Crippen molar-refractivity contribution in [1.29, 1.82) is 0 Å². The first-order valence-corrected chi connectivity index (χ1v) is 18.4. The molecule has 3 heterocycles. The lowest BCUT2D eigenvalue weighted by molar-refractivity contribution is -0.130. The molecular formula is C38H54F2N8O. The normalized spacial score (nSPS) is 22.5. The topological polar surface area (TPSA) is 106 Å². The Hall–Kier alpha value is -3.25. The van der Waals surface area contributed by atoms with E-state index < -0.39 is 5.92 Å². The fraction of sp³-hybridized carbons (Fsp3) is 0.605. The van der Waals surface area contributed by atoms with Crippen LogP contribution in [0, 0.1) is 5.92 Å². The van der Waals surface area contributed by atoms with E-state index in [0.717, 1.165) is 89.2 Å². The van der Waals surface area contributed by atoms with Crippen molar-refractivity contribution in [2.45, 2.75) is 94.8 Å². The molecule has 0 spiro atoms. The highest BCUT2D eigenvalue weighted by molar-refractivity contribution is 5.79. The average Bonchev–Trinajstić information content (AvgIpc) is 3.64. The highest BCUT2D eigenvalue weighted by Crippen LogP contribution is 2.37. The van der Waals surface area contributed by atoms with Gasteiger partial charge in [0.2, 0.25) is 11.8 Å². The number of rotatable bonds is 15. The number of piperazine rings is 1. The predicted molar refractivity (Wildman–Crippen MR) is 188 cm³/mol. The van der Waals surface area contributed by atoms with Gasteiger partial charge in [0.1, 0.15) is 0 Å². The molecule has 0 bridgehead atoms. The van der Waals surface area contributed by atoms with Gasteiger partial charge in [0.05, 0.1) is 24.1 Å². The molecule has 1 aliphatic heterocycles. The standard InChI is InChI=1S/C38H54F2N8O/c39-38(40)16-13-31(14-17-38)37(49)45-34(29-8-2-1-3-9-29)15-21-46-22-23-47(25-32-24-42-28-44-32)33(26-46)27-48(20-5-4-18-41)35-12-6-10-30-11-7-19-43-36(30)35/h1-3,7-9,11,19,24,28,31,33-35H,4-6,10,12-18,20-23,25-27,41H2,(H,42,44)(H,45,49)/t33-,34?,35+/m1/s1. The molecule has 3 atom stereocenters. The number of nitrogens with two attached hydrogens (primary N) is 1. The van der Waals surface area contributed by atoms with E-state index in [4.69, 9.17) is 10.7 Å². The third-order valence-corrected chi connectivity index (χ3v) is 10.9. The summed E-state index contributed by atoms with van der Waals surface area (Å²) < 4.78 is 27.7. The summed E-state index contributed by atoms with van der Waals surface area (Å²) in [7, 11) is 0. The van der Waals surface area contributed by atoms with Crippen molar-refractivity contribution in [2.75, 3.05) is 45.8 Å². The summed E-state index contributed by atoms with van der Waals surface area (Å²) in [5, 5.41) is 3.28. The minimum absolute atomic E-state index is 0.0962. The first-order chi connectivity index (χ1) is 23.9. The van der Waals surface area contributed by atoms with Crippen LogP contribution >= 0.6 is 0 Å². The Labute approximate surface area is 290 Å². The molecule has 1 unspecified atom stereocenters. The Morgan fingerprint density at radius 2 is 1.94 bits per heavy atom. The number of carbonyl (C=O) groups excluding carboxylic acids is 1. The van der Waals surface area contributed by atoms with Crippen LogP contribution in [0.25, 0.3) is 0 Å². The van der Waals surface area contributed by atoms with E-state index >= 15 is 0 Å². The zero-order chi connectivity index (χ0) is 34.1. The zero-order valence-electron chi connectivity index (χ0n) is 28.8.